The Labute approximate surface area is 159 Å². The highest BCUT2D eigenvalue weighted by molar-refractivity contribution is 6.03. The average Bonchev–Trinajstić information content (AvgIpc) is 2.97. The van der Waals surface area contributed by atoms with E-state index in [0.717, 1.165) is 4.57 Å². The molecule has 0 N–H and O–H groups in total. The van der Waals surface area contributed by atoms with Crippen LogP contribution in [0, 0.1) is 6.92 Å². The number of hydrogen-bond acceptors (Lipinski definition) is 7. The molecule has 0 atom stereocenters. The van der Waals surface area contributed by atoms with E-state index >= 15 is 0 Å². The number of nitrogens with zero attached hydrogens (tertiary/aromatic N) is 1. The molecule has 2 aromatic carbocycles. The summed E-state index contributed by atoms with van der Waals surface area (Å²) < 4.78 is 6.06. The Balaban J connectivity index is 1.83. The normalized spacial score (nSPS) is 10.4. The third-order valence-corrected chi connectivity index (χ3v) is 4.01. The maximum absolute atomic E-state index is 12.5. The Morgan fingerprint density at radius 3 is 2.36 bits per heavy atom. The minimum Gasteiger partial charge on any atom is -0.426 e. The summed E-state index contributed by atoms with van der Waals surface area (Å²) in [5, 5.41) is 0.568. The standard InChI is InChI=1S/C20H15NO7/c1-12-16(11-22)14-7-3-5-9-17(14)21(12)20(25)28-27-19(24)15-8-4-6-10-18(15)26-13(2)23/h3-11H,1-2H3. The van der Waals surface area contributed by atoms with Crippen LogP contribution in [-0.4, -0.2) is 28.9 Å². The van der Waals surface area contributed by atoms with Gasteiger partial charge in [-0.15, -0.1) is 0 Å². The molecule has 0 bridgehead atoms. The Bertz CT molecular complexity index is 1100. The highest BCUT2D eigenvalue weighted by Gasteiger charge is 2.22. The van der Waals surface area contributed by atoms with E-state index in [1.54, 1.807) is 37.3 Å². The zero-order valence-corrected chi connectivity index (χ0v) is 15.0. The first-order chi connectivity index (χ1) is 13.4. The van der Waals surface area contributed by atoms with Crippen LogP contribution in [0.1, 0.15) is 33.3 Å². The average molecular weight is 381 g/mol. The molecule has 0 saturated carbocycles. The summed E-state index contributed by atoms with van der Waals surface area (Å²) in [6.07, 6.45) is -0.358. The van der Waals surface area contributed by atoms with Crippen LogP contribution in [0.5, 0.6) is 5.75 Å². The van der Waals surface area contributed by atoms with Gasteiger partial charge in [0.25, 0.3) is 0 Å². The maximum Gasteiger partial charge on any atom is 0.461 e. The Hall–Kier alpha value is -3.94. The number of carbonyl (C=O) groups is 4. The summed E-state index contributed by atoms with van der Waals surface area (Å²) in [5.41, 5.74) is 1.02. The second-order valence-corrected chi connectivity index (χ2v) is 5.78. The highest BCUT2D eigenvalue weighted by Crippen LogP contribution is 2.25. The van der Waals surface area contributed by atoms with Gasteiger partial charge in [-0.25, -0.2) is 23.9 Å². The van der Waals surface area contributed by atoms with Crippen LogP contribution in [0.2, 0.25) is 0 Å². The van der Waals surface area contributed by atoms with Crippen molar-refractivity contribution in [3.63, 3.8) is 0 Å². The van der Waals surface area contributed by atoms with Crippen molar-refractivity contribution < 1.29 is 33.7 Å². The van der Waals surface area contributed by atoms with Crippen molar-refractivity contribution in [1.82, 2.24) is 4.57 Å². The van der Waals surface area contributed by atoms with E-state index in [1.165, 1.54) is 25.1 Å². The number of ether oxygens (including phenoxy) is 1. The molecule has 142 valence electrons. The van der Waals surface area contributed by atoms with Crippen LogP contribution in [0.25, 0.3) is 10.9 Å². The lowest BCUT2D eigenvalue weighted by molar-refractivity contribution is -0.183. The van der Waals surface area contributed by atoms with E-state index in [0.29, 0.717) is 28.4 Å². The van der Waals surface area contributed by atoms with E-state index in [2.05, 4.69) is 9.78 Å². The molecule has 0 aliphatic rings. The molecule has 0 radical (unpaired) electrons. The van der Waals surface area contributed by atoms with Crippen LogP contribution in [0.3, 0.4) is 0 Å². The third kappa shape index (κ3) is 3.48. The predicted octanol–water partition coefficient (Wildman–Crippen LogP) is 3.44. The van der Waals surface area contributed by atoms with Crippen LogP contribution in [0.4, 0.5) is 4.79 Å². The quantitative estimate of drug-likeness (QED) is 0.225. The van der Waals surface area contributed by atoms with Crippen LogP contribution in [0.15, 0.2) is 48.5 Å². The number of rotatable bonds is 3. The number of aromatic nitrogens is 1. The molecule has 0 saturated heterocycles. The first kappa shape index (κ1) is 18.8. The SMILES string of the molecule is CC(=O)Oc1ccccc1C(=O)OOC(=O)n1c(C)c(C=O)c2ccccc21. The molecule has 0 aliphatic heterocycles. The smallest absolute Gasteiger partial charge is 0.426 e. The van der Waals surface area contributed by atoms with E-state index in [9.17, 15) is 19.2 Å². The van der Waals surface area contributed by atoms with Gasteiger partial charge in [0.05, 0.1) is 5.52 Å². The van der Waals surface area contributed by atoms with Gasteiger partial charge < -0.3 is 4.74 Å². The summed E-state index contributed by atoms with van der Waals surface area (Å²) in [5.74, 6) is -1.66. The van der Waals surface area contributed by atoms with Crippen LogP contribution >= 0.6 is 0 Å². The molecule has 8 nitrogen and oxygen atoms in total. The molecule has 3 rings (SSSR count). The van der Waals surface area contributed by atoms with Gasteiger partial charge in [0.1, 0.15) is 11.3 Å². The molecular weight excluding hydrogens is 366 g/mol. The lowest BCUT2D eigenvalue weighted by atomic mass is 10.1. The number of para-hydroxylation sites is 2. The lowest BCUT2D eigenvalue weighted by Gasteiger charge is -2.09. The molecule has 1 heterocycles. The summed E-state index contributed by atoms with van der Waals surface area (Å²) in [4.78, 5) is 56.5. The summed E-state index contributed by atoms with van der Waals surface area (Å²) in [6, 6.07) is 12.6. The molecule has 0 fully saturated rings. The Kier molecular flexibility index (Phi) is 5.21. The number of benzene rings is 2. The zero-order chi connectivity index (χ0) is 20.3. The summed E-state index contributed by atoms with van der Waals surface area (Å²) in [6.45, 7) is 2.76. The first-order valence-corrected chi connectivity index (χ1v) is 8.20. The summed E-state index contributed by atoms with van der Waals surface area (Å²) in [7, 11) is 0. The van der Waals surface area contributed by atoms with Crippen LogP contribution < -0.4 is 4.74 Å². The minimum absolute atomic E-state index is 0.0260. The van der Waals surface area contributed by atoms with Gasteiger partial charge in [-0.05, 0) is 25.1 Å². The Morgan fingerprint density at radius 2 is 1.64 bits per heavy atom. The van der Waals surface area contributed by atoms with E-state index in [-0.39, 0.29) is 11.3 Å². The van der Waals surface area contributed by atoms with Crippen molar-refractivity contribution in [1.29, 1.82) is 0 Å². The number of aldehydes is 1. The van der Waals surface area contributed by atoms with Gasteiger partial charge in [0.2, 0.25) is 0 Å². The maximum atomic E-state index is 12.5. The minimum atomic E-state index is -1.02. The predicted molar refractivity (Wildman–Crippen MR) is 97.1 cm³/mol. The van der Waals surface area contributed by atoms with Crippen molar-refractivity contribution in [3.05, 3.63) is 65.4 Å². The van der Waals surface area contributed by atoms with Gasteiger partial charge in [-0.3, -0.25) is 9.59 Å². The largest absolute Gasteiger partial charge is 0.461 e. The third-order valence-electron chi connectivity index (χ3n) is 4.01. The molecule has 0 amide bonds. The Morgan fingerprint density at radius 1 is 0.964 bits per heavy atom. The zero-order valence-electron chi connectivity index (χ0n) is 15.0. The fourth-order valence-corrected chi connectivity index (χ4v) is 2.81. The van der Waals surface area contributed by atoms with Gasteiger partial charge in [-0.2, -0.15) is 0 Å². The first-order valence-electron chi connectivity index (χ1n) is 8.20. The van der Waals surface area contributed by atoms with Crippen molar-refractivity contribution >= 4 is 35.2 Å². The van der Waals surface area contributed by atoms with Crippen LogP contribution in [-0.2, 0) is 14.6 Å². The molecule has 0 unspecified atom stereocenters. The van der Waals surface area contributed by atoms with E-state index in [4.69, 9.17) is 4.74 Å². The number of carbonyl (C=O) groups excluding carboxylic acids is 4. The monoisotopic (exact) mass is 381 g/mol. The van der Waals surface area contributed by atoms with E-state index in [1.807, 2.05) is 0 Å². The van der Waals surface area contributed by atoms with Gasteiger partial charge in [0.15, 0.2) is 6.29 Å². The molecule has 1 aromatic heterocycles. The van der Waals surface area contributed by atoms with Crippen molar-refractivity contribution in [2.24, 2.45) is 0 Å². The molecule has 8 heteroatoms. The van der Waals surface area contributed by atoms with Gasteiger partial charge >= 0.3 is 18.0 Å². The number of esters is 1. The fourth-order valence-electron chi connectivity index (χ4n) is 2.81. The topological polar surface area (TPSA) is 101 Å². The fraction of sp³-hybridized carbons (Fsp3) is 0.100. The molecule has 28 heavy (non-hydrogen) atoms. The number of fused-ring (bicyclic) bond motifs is 1. The second-order valence-electron chi connectivity index (χ2n) is 5.78. The molecule has 0 spiro atoms. The van der Waals surface area contributed by atoms with Crippen molar-refractivity contribution in [2.45, 2.75) is 13.8 Å². The second kappa shape index (κ2) is 7.75. The lowest BCUT2D eigenvalue weighted by Crippen LogP contribution is -2.19. The summed E-state index contributed by atoms with van der Waals surface area (Å²) >= 11 is 0. The van der Waals surface area contributed by atoms with Gasteiger partial charge in [0, 0.05) is 23.6 Å². The molecule has 0 aliphatic carbocycles. The highest BCUT2D eigenvalue weighted by atomic mass is 17.2. The van der Waals surface area contributed by atoms with Gasteiger partial charge in [-0.1, -0.05) is 30.3 Å². The van der Waals surface area contributed by atoms with Crippen molar-refractivity contribution in [3.8, 4) is 5.75 Å². The molecule has 3 aromatic rings. The van der Waals surface area contributed by atoms with Crippen molar-refractivity contribution in [2.75, 3.05) is 0 Å². The molecular formula is C20H15NO7. The number of hydrogen-bond donors (Lipinski definition) is 0. The van der Waals surface area contributed by atoms with E-state index < -0.39 is 18.0 Å².